The third-order valence-corrected chi connectivity index (χ3v) is 2.74. The number of nitrogens with zero attached hydrogens (tertiary/aromatic N) is 5. The summed E-state index contributed by atoms with van der Waals surface area (Å²) in [6.45, 7) is 2.30. The first kappa shape index (κ1) is 8.62. The third kappa shape index (κ3) is 1.70. The molecule has 0 N–H and O–H groups in total. The van der Waals surface area contributed by atoms with Crippen molar-refractivity contribution in [1.29, 1.82) is 0 Å². The molecule has 2 rings (SSSR count). The van der Waals surface area contributed by atoms with Crippen molar-refractivity contribution in [2.24, 2.45) is 7.05 Å². The molecule has 2 heterocycles. The molecule has 1 aliphatic rings. The number of likely N-dealkylation sites (tertiary alicyclic amines) is 1. The number of aryl methyl sites for hydroxylation is 1. The smallest absolute Gasteiger partial charge is 0.154 e. The summed E-state index contributed by atoms with van der Waals surface area (Å²) in [7, 11) is 4.07. The van der Waals surface area contributed by atoms with Crippen LogP contribution in [0.15, 0.2) is 0 Å². The van der Waals surface area contributed by atoms with Crippen molar-refractivity contribution < 1.29 is 0 Å². The Labute approximate surface area is 77.7 Å². The van der Waals surface area contributed by atoms with Crippen LogP contribution in [-0.4, -0.2) is 45.2 Å². The van der Waals surface area contributed by atoms with Crippen molar-refractivity contribution in [2.45, 2.75) is 18.8 Å². The Kier molecular flexibility index (Phi) is 2.26. The van der Waals surface area contributed by atoms with E-state index in [4.69, 9.17) is 0 Å². The molecule has 5 nitrogen and oxygen atoms in total. The predicted octanol–water partition coefficient (Wildman–Crippen LogP) is 0.0193. The fourth-order valence-electron chi connectivity index (χ4n) is 1.85. The molecular formula is C8H15N5. The molecule has 1 aliphatic heterocycles. The summed E-state index contributed by atoms with van der Waals surface area (Å²) in [5.41, 5.74) is 0. The van der Waals surface area contributed by atoms with E-state index in [1.165, 1.54) is 12.8 Å². The van der Waals surface area contributed by atoms with E-state index < -0.39 is 0 Å². The molecule has 72 valence electrons. The van der Waals surface area contributed by atoms with Gasteiger partial charge in [0.25, 0.3) is 0 Å². The predicted molar refractivity (Wildman–Crippen MR) is 48.3 cm³/mol. The number of hydrogen-bond acceptors (Lipinski definition) is 4. The van der Waals surface area contributed by atoms with Crippen molar-refractivity contribution in [1.82, 2.24) is 25.1 Å². The lowest BCUT2D eigenvalue weighted by molar-refractivity contribution is 0.248. The monoisotopic (exact) mass is 181 g/mol. The topological polar surface area (TPSA) is 46.8 Å². The molecule has 13 heavy (non-hydrogen) atoms. The first-order valence-electron chi connectivity index (χ1n) is 4.68. The van der Waals surface area contributed by atoms with Crippen molar-refractivity contribution in [3.63, 3.8) is 0 Å². The van der Waals surface area contributed by atoms with Crippen LogP contribution in [0.3, 0.4) is 0 Å². The Hall–Kier alpha value is -0.970. The minimum atomic E-state index is 0.552. The maximum absolute atomic E-state index is 4.05. The van der Waals surface area contributed by atoms with Gasteiger partial charge in [0.05, 0.1) is 0 Å². The largest absolute Gasteiger partial charge is 0.306 e. The second-order valence-electron chi connectivity index (χ2n) is 3.74. The zero-order valence-corrected chi connectivity index (χ0v) is 8.14. The zero-order valence-electron chi connectivity index (χ0n) is 8.14. The molecule has 0 unspecified atom stereocenters. The molecular weight excluding hydrogens is 166 g/mol. The van der Waals surface area contributed by atoms with Crippen LogP contribution >= 0.6 is 0 Å². The minimum absolute atomic E-state index is 0.552. The molecule has 0 radical (unpaired) electrons. The molecule has 0 aliphatic carbocycles. The van der Waals surface area contributed by atoms with Gasteiger partial charge in [-0.3, -0.25) is 0 Å². The molecule has 0 bridgehead atoms. The Morgan fingerprint density at radius 1 is 1.23 bits per heavy atom. The Balaban J connectivity index is 2.06. The summed E-state index contributed by atoms with van der Waals surface area (Å²) < 4.78 is 1.79. The standard InChI is InChI=1S/C8H15N5/c1-12-5-3-7(4-6-12)8-9-10-11-13(8)2/h7H,3-6H2,1-2H3. The highest BCUT2D eigenvalue weighted by atomic mass is 15.5. The quantitative estimate of drug-likeness (QED) is 0.612. The Morgan fingerprint density at radius 3 is 2.46 bits per heavy atom. The van der Waals surface area contributed by atoms with Crippen LogP contribution in [0.25, 0.3) is 0 Å². The summed E-state index contributed by atoms with van der Waals surface area (Å²) in [4.78, 5) is 2.35. The van der Waals surface area contributed by atoms with Gasteiger partial charge in [-0.25, -0.2) is 4.68 Å². The molecule has 0 aromatic carbocycles. The van der Waals surface area contributed by atoms with E-state index in [0.717, 1.165) is 18.9 Å². The summed E-state index contributed by atoms with van der Waals surface area (Å²) in [6.07, 6.45) is 2.34. The molecule has 0 spiro atoms. The highest BCUT2D eigenvalue weighted by Gasteiger charge is 2.22. The summed E-state index contributed by atoms with van der Waals surface area (Å²) >= 11 is 0. The van der Waals surface area contributed by atoms with Gasteiger partial charge < -0.3 is 4.90 Å². The lowest BCUT2D eigenvalue weighted by Gasteiger charge is -2.27. The Morgan fingerprint density at radius 2 is 1.92 bits per heavy atom. The van der Waals surface area contributed by atoms with E-state index in [0.29, 0.717) is 5.92 Å². The molecule has 0 atom stereocenters. The van der Waals surface area contributed by atoms with E-state index >= 15 is 0 Å². The molecule has 1 aromatic heterocycles. The molecule has 1 saturated heterocycles. The number of aromatic nitrogens is 4. The number of rotatable bonds is 1. The molecule has 0 amide bonds. The third-order valence-electron chi connectivity index (χ3n) is 2.74. The van der Waals surface area contributed by atoms with Crippen molar-refractivity contribution in [3.05, 3.63) is 5.82 Å². The van der Waals surface area contributed by atoms with Gasteiger partial charge in [0.2, 0.25) is 0 Å². The maximum atomic E-state index is 4.05. The summed E-state index contributed by atoms with van der Waals surface area (Å²) in [5.74, 6) is 1.59. The van der Waals surface area contributed by atoms with E-state index in [1.54, 1.807) is 4.68 Å². The number of piperidine rings is 1. The molecule has 5 heteroatoms. The summed E-state index contributed by atoms with van der Waals surface area (Å²) in [5, 5.41) is 11.6. The molecule has 1 aromatic rings. The van der Waals surface area contributed by atoms with Gasteiger partial charge in [-0.05, 0) is 43.4 Å². The van der Waals surface area contributed by atoms with Crippen LogP contribution in [0.5, 0.6) is 0 Å². The van der Waals surface area contributed by atoms with Gasteiger partial charge in [0.15, 0.2) is 5.82 Å². The average Bonchev–Trinajstić information content (AvgIpc) is 2.53. The second kappa shape index (κ2) is 3.41. The second-order valence-corrected chi connectivity index (χ2v) is 3.74. The van der Waals surface area contributed by atoms with Gasteiger partial charge in [0, 0.05) is 13.0 Å². The fraction of sp³-hybridized carbons (Fsp3) is 0.875. The van der Waals surface area contributed by atoms with E-state index in [2.05, 4.69) is 27.5 Å². The lowest BCUT2D eigenvalue weighted by Crippen LogP contribution is -2.30. The Bertz CT molecular complexity index is 274. The van der Waals surface area contributed by atoms with Crippen LogP contribution in [0.4, 0.5) is 0 Å². The van der Waals surface area contributed by atoms with Crippen LogP contribution < -0.4 is 0 Å². The van der Waals surface area contributed by atoms with Gasteiger partial charge in [0.1, 0.15) is 0 Å². The lowest BCUT2D eigenvalue weighted by atomic mass is 9.96. The molecule has 1 fully saturated rings. The zero-order chi connectivity index (χ0) is 9.26. The van der Waals surface area contributed by atoms with Crippen LogP contribution in [0.2, 0.25) is 0 Å². The van der Waals surface area contributed by atoms with Gasteiger partial charge >= 0.3 is 0 Å². The first-order valence-corrected chi connectivity index (χ1v) is 4.68. The maximum Gasteiger partial charge on any atom is 0.154 e. The summed E-state index contributed by atoms with van der Waals surface area (Å²) in [6, 6.07) is 0. The van der Waals surface area contributed by atoms with Gasteiger partial charge in [-0.1, -0.05) is 0 Å². The fourth-order valence-corrected chi connectivity index (χ4v) is 1.85. The molecule has 0 saturated carbocycles. The first-order chi connectivity index (χ1) is 6.27. The normalized spacial score (nSPS) is 20.8. The minimum Gasteiger partial charge on any atom is -0.306 e. The van der Waals surface area contributed by atoms with Crippen molar-refractivity contribution in [3.8, 4) is 0 Å². The van der Waals surface area contributed by atoms with Gasteiger partial charge in [-0.15, -0.1) is 5.10 Å². The van der Waals surface area contributed by atoms with Crippen molar-refractivity contribution >= 4 is 0 Å². The van der Waals surface area contributed by atoms with Gasteiger partial charge in [-0.2, -0.15) is 0 Å². The highest BCUT2D eigenvalue weighted by molar-refractivity contribution is 4.95. The average molecular weight is 181 g/mol. The number of tetrazole rings is 1. The van der Waals surface area contributed by atoms with Crippen molar-refractivity contribution in [2.75, 3.05) is 20.1 Å². The van der Waals surface area contributed by atoms with E-state index in [-0.39, 0.29) is 0 Å². The number of hydrogen-bond donors (Lipinski definition) is 0. The van der Waals surface area contributed by atoms with Crippen LogP contribution in [0, 0.1) is 0 Å². The highest BCUT2D eigenvalue weighted by Crippen LogP contribution is 2.24. The van der Waals surface area contributed by atoms with E-state index in [1.807, 2.05) is 7.05 Å². The van der Waals surface area contributed by atoms with Crippen LogP contribution in [0.1, 0.15) is 24.6 Å². The SMILES string of the molecule is CN1CCC(c2nnnn2C)CC1. The van der Waals surface area contributed by atoms with Crippen LogP contribution in [-0.2, 0) is 7.05 Å². The van der Waals surface area contributed by atoms with E-state index in [9.17, 15) is 0 Å².